The molecule has 4 nitrogen and oxygen atoms in total. The van der Waals surface area contributed by atoms with Crippen molar-refractivity contribution in [3.05, 3.63) is 75.4 Å². The molecule has 1 aliphatic carbocycles. The van der Waals surface area contributed by atoms with Gasteiger partial charge in [0.15, 0.2) is 0 Å². The smallest absolute Gasteiger partial charge is 0.268 e. The predicted octanol–water partition coefficient (Wildman–Crippen LogP) is 5.21. The van der Waals surface area contributed by atoms with Gasteiger partial charge in [-0.15, -0.1) is 0 Å². The standard InChI is InChI=1S/C22H22Cl2N2O2/c23-16-11-12-18(19(24)14-16)21(27)26-20(13-15-7-3-1-4-8-15)22(28)25-17-9-5-2-6-10-17/h1,3-4,7-8,11-14,17H,2,5-6,9-10H2,(H,25,28)(H,26,27)/b20-13-. The van der Waals surface area contributed by atoms with Crippen molar-refractivity contribution in [2.45, 2.75) is 38.1 Å². The maximum atomic E-state index is 12.9. The molecule has 1 aliphatic rings. The summed E-state index contributed by atoms with van der Waals surface area (Å²) in [5.74, 6) is -0.753. The maximum Gasteiger partial charge on any atom is 0.268 e. The van der Waals surface area contributed by atoms with E-state index in [2.05, 4.69) is 10.6 Å². The third-order valence-electron chi connectivity index (χ3n) is 4.72. The van der Waals surface area contributed by atoms with Crippen LogP contribution in [0.4, 0.5) is 0 Å². The highest BCUT2D eigenvalue weighted by molar-refractivity contribution is 6.36. The summed E-state index contributed by atoms with van der Waals surface area (Å²) < 4.78 is 0. The molecule has 0 atom stereocenters. The van der Waals surface area contributed by atoms with Crippen LogP contribution in [0.2, 0.25) is 10.0 Å². The molecule has 6 heteroatoms. The first-order valence-corrected chi connectivity index (χ1v) is 10.1. The fourth-order valence-electron chi connectivity index (χ4n) is 3.25. The van der Waals surface area contributed by atoms with E-state index in [1.165, 1.54) is 12.5 Å². The monoisotopic (exact) mass is 416 g/mol. The fraction of sp³-hybridized carbons (Fsp3) is 0.273. The van der Waals surface area contributed by atoms with E-state index in [-0.39, 0.29) is 28.2 Å². The van der Waals surface area contributed by atoms with Crippen LogP contribution in [0.5, 0.6) is 0 Å². The number of hydrogen-bond donors (Lipinski definition) is 2. The van der Waals surface area contributed by atoms with E-state index in [0.29, 0.717) is 5.02 Å². The van der Waals surface area contributed by atoms with E-state index in [4.69, 9.17) is 23.2 Å². The third-order valence-corrected chi connectivity index (χ3v) is 5.27. The number of hydrogen-bond acceptors (Lipinski definition) is 2. The molecule has 1 fully saturated rings. The first kappa shape index (κ1) is 20.4. The Morgan fingerprint density at radius 1 is 0.964 bits per heavy atom. The molecule has 0 bridgehead atoms. The van der Waals surface area contributed by atoms with Gasteiger partial charge in [-0.3, -0.25) is 9.59 Å². The van der Waals surface area contributed by atoms with Gasteiger partial charge in [0.05, 0.1) is 10.6 Å². The average molecular weight is 417 g/mol. The highest BCUT2D eigenvalue weighted by Gasteiger charge is 2.21. The first-order chi connectivity index (χ1) is 13.5. The van der Waals surface area contributed by atoms with Gasteiger partial charge < -0.3 is 10.6 Å². The zero-order valence-corrected chi connectivity index (χ0v) is 16.9. The van der Waals surface area contributed by atoms with Crippen LogP contribution < -0.4 is 10.6 Å². The second kappa shape index (κ2) is 9.76. The van der Waals surface area contributed by atoms with Gasteiger partial charge in [-0.2, -0.15) is 0 Å². The third kappa shape index (κ3) is 5.60. The molecule has 0 aromatic heterocycles. The van der Waals surface area contributed by atoms with Crippen LogP contribution in [0.15, 0.2) is 54.2 Å². The Balaban J connectivity index is 1.82. The number of rotatable bonds is 5. The minimum atomic E-state index is -0.456. The summed E-state index contributed by atoms with van der Waals surface area (Å²) in [6.45, 7) is 0. The Bertz CT molecular complexity index is 875. The van der Waals surface area contributed by atoms with Crippen LogP contribution in [0.25, 0.3) is 6.08 Å². The van der Waals surface area contributed by atoms with E-state index < -0.39 is 5.91 Å². The molecular weight excluding hydrogens is 395 g/mol. The van der Waals surface area contributed by atoms with Crippen molar-refractivity contribution in [1.82, 2.24) is 10.6 Å². The highest BCUT2D eigenvalue weighted by atomic mass is 35.5. The zero-order chi connectivity index (χ0) is 19.9. The lowest BCUT2D eigenvalue weighted by molar-refractivity contribution is -0.118. The van der Waals surface area contributed by atoms with E-state index >= 15 is 0 Å². The van der Waals surface area contributed by atoms with E-state index in [1.54, 1.807) is 18.2 Å². The van der Waals surface area contributed by atoms with Crippen molar-refractivity contribution in [3.63, 3.8) is 0 Å². The quantitative estimate of drug-likeness (QED) is 0.656. The molecule has 2 aromatic rings. The number of amides is 2. The molecule has 0 radical (unpaired) electrons. The van der Waals surface area contributed by atoms with Crippen molar-refractivity contribution >= 4 is 41.1 Å². The van der Waals surface area contributed by atoms with E-state index in [1.807, 2.05) is 30.3 Å². The fourth-order valence-corrected chi connectivity index (χ4v) is 3.74. The first-order valence-electron chi connectivity index (χ1n) is 9.37. The van der Waals surface area contributed by atoms with Gasteiger partial charge in [-0.25, -0.2) is 0 Å². The van der Waals surface area contributed by atoms with Crippen LogP contribution >= 0.6 is 23.2 Å². The van der Waals surface area contributed by atoms with Crippen molar-refractivity contribution in [2.24, 2.45) is 0 Å². The molecule has 0 spiro atoms. The lowest BCUT2D eigenvalue weighted by Gasteiger charge is -2.23. The average Bonchev–Trinajstić information content (AvgIpc) is 2.69. The molecule has 2 N–H and O–H groups in total. The lowest BCUT2D eigenvalue weighted by Crippen LogP contribution is -2.41. The summed E-state index contributed by atoms with van der Waals surface area (Å²) in [7, 11) is 0. The zero-order valence-electron chi connectivity index (χ0n) is 15.4. The largest absolute Gasteiger partial charge is 0.348 e. The summed E-state index contributed by atoms with van der Waals surface area (Å²) in [6, 6.07) is 14.2. The molecule has 2 amide bonds. The van der Waals surface area contributed by atoms with Gasteiger partial charge in [0.2, 0.25) is 0 Å². The van der Waals surface area contributed by atoms with Gasteiger partial charge in [-0.05, 0) is 42.7 Å². The molecular formula is C22H22Cl2N2O2. The molecule has 3 rings (SSSR count). The second-order valence-electron chi connectivity index (χ2n) is 6.86. The van der Waals surface area contributed by atoms with Crippen LogP contribution in [0.3, 0.4) is 0 Å². The Morgan fingerprint density at radius 3 is 2.36 bits per heavy atom. The second-order valence-corrected chi connectivity index (χ2v) is 7.70. The molecule has 2 aromatic carbocycles. The predicted molar refractivity (Wildman–Crippen MR) is 113 cm³/mol. The Morgan fingerprint density at radius 2 is 1.68 bits per heavy atom. The van der Waals surface area contributed by atoms with Crippen LogP contribution in [0.1, 0.15) is 48.0 Å². The molecule has 0 unspecified atom stereocenters. The van der Waals surface area contributed by atoms with Crippen LogP contribution in [-0.2, 0) is 4.79 Å². The SMILES string of the molecule is O=C(NC1CCCCC1)/C(=C/c1ccccc1)NC(=O)c1ccc(Cl)cc1Cl. The van der Waals surface area contributed by atoms with E-state index in [9.17, 15) is 9.59 Å². The number of carbonyl (C=O) groups is 2. The molecule has 0 aliphatic heterocycles. The Hall–Kier alpha value is -2.30. The van der Waals surface area contributed by atoms with Gasteiger partial charge in [-0.1, -0.05) is 72.8 Å². The molecule has 1 saturated carbocycles. The van der Waals surface area contributed by atoms with Crippen LogP contribution in [-0.4, -0.2) is 17.9 Å². The number of benzene rings is 2. The molecule has 0 heterocycles. The van der Waals surface area contributed by atoms with Crippen molar-refractivity contribution < 1.29 is 9.59 Å². The van der Waals surface area contributed by atoms with Crippen LogP contribution in [0, 0.1) is 0 Å². The minimum absolute atomic E-state index is 0.136. The van der Waals surface area contributed by atoms with Gasteiger partial charge in [0.1, 0.15) is 5.70 Å². The normalized spacial score (nSPS) is 15.1. The number of nitrogens with one attached hydrogen (secondary N) is 2. The summed E-state index contributed by atoms with van der Waals surface area (Å²) in [4.78, 5) is 25.6. The highest BCUT2D eigenvalue weighted by Crippen LogP contribution is 2.22. The van der Waals surface area contributed by atoms with Gasteiger partial charge in [0.25, 0.3) is 11.8 Å². The van der Waals surface area contributed by atoms with Gasteiger partial charge >= 0.3 is 0 Å². The summed E-state index contributed by atoms with van der Waals surface area (Å²) >= 11 is 12.0. The van der Waals surface area contributed by atoms with Crippen molar-refractivity contribution in [1.29, 1.82) is 0 Å². The molecule has 146 valence electrons. The number of halogens is 2. The lowest BCUT2D eigenvalue weighted by atomic mass is 9.95. The maximum absolute atomic E-state index is 12.9. The molecule has 28 heavy (non-hydrogen) atoms. The Kier molecular flexibility index (Phi) is 7.12. The summed E-state index contributed by atoms with van der Waals surface area (Å²) in [6.07, 6.45) is 7.00. The van der Waals surface area contributed by atoms with E-state index in [0.717, 1.165) is 31.2 Å². The summed E-state index contributed by atoms with van der Waals surface area (Å²) in [5.41, 5.74) is 1.27. The minimum Gasteiger partial charge on any atom is -0.348 e. The van der Waals surface area contributed by atoms with Gasteiger partial charge in [0, 0.05) is 11.1 Å². The molecule has 0 saturated heterocycles. The van der Waals surface area contributed by atoms with Crippen molar-refractivity contribution in [2.75, 3.05) is 0 Å². The summed E-state index contributed by atoms with van der Waals surface area (Å²) in [5, 5.41) is 6.43. The van der Waals surface area contributed by atoms with Crippen molar-refractivity contribution in [3.8, 4) is 0 Å². The topological polar surface area (TPSA) is 58.2 Å². The number of carbonyl (C=O) groups excluding carboxylic acids is 2. The Labute approximate surface area is 174 Å².